The lowest BCUT2D eigenvalue weighted by atomic mass is 9.73. The SMILES string of the molecule is C=C1CC(C)(C)Cc2c1c(Cc1ccccc1NS(=O)(=O)c1ccccc1)c(C)n2CC(=O)O. The lowest BCUT2D eigenvalue weighted by molar-refractivity contribution is -0.137. The van der Waals surface area contributed by atoms with Crippen LogP contribution in [0.1, 0.15) is 48.3 Å². The van der Waals surface area contributed by atoms with E-state index in [0.29, 0.717) is 12.1 Å². The van der Waals surface area contributed by atoms with Crippen molar-refractivity contribution in [3.05, 3.63) is 89.3 Å². The molecule has 0 atom stereocenters. The molecule has 0 spiro atoms. The Bertz CT molecular complexity index is 1370. The first-order valence-corrected chi connectivity index (χ1v) is 12.7. The molecule has 0 fully saturated rings. The lowest BCUT2D eigenvalue weighted by Gasteiger charge is -2.32. The van der Waals surface area contributed by atoms with Crippen molar-refractivity contribution in [1.82, 2.24) is 4.57 Å². The normalized spacial score (nSPS) is 15.1. The highest BCUT2D eigenvalue weighted by Crippen LogP contribution is 2.45. The lowest BCUT2D eigenvalue weighted by Crippen LogP contribution is -2.24. The number of anilines is 1. The number of allylic oxidation sites excluding steroid dienone is 1. The molecule has 0 amide bonds. The fourth-order valence-corrected chi connectivity index (χ4v) is 6.09. The fourth-order valence-electron chi connectivity index (χ4n) is 4.97. The molecule has 0 bridgehead atoms. The molecule has 0 saturated heterocycles. The van der Waals surface area contributed by atoms with Crippen molar-refractivity contribution in [2.45, 2.75) is 51.5 Å². The molecule has 178 valence electrons. The van der Waals surface area contributed by atoms with Gasteiger partial charge in [-0.15, -0.1) is 0 Å². The Morgan fingerprint density at radius 2 is 1.74 bits per heavy atom. The molecule has 2 aromatic carbocycles. The number of sulfonamides is 1. The van der Waals surface area contributed by atoms with Gasteiger partial charge in [0, 0.05) is 23.4 Å². The van der Waals surface area contributed by atoms with Crippen molar-refractivity contribution in [3.8, 4) is 0 Å². The van der Waals surface area contributed by atoms with Gasteiger partial charge in [0.15, 0.2) is 0 Å². The number of carboxylic acids is 1. The second-order valence-electron chi connectivity index (χ2n) is 9.74. The van der Waals surface area contributed by atoms with Gasteiger partial charge in [0.05, 0.1) is 10.6 Å². The summed E-state index contributed by atoms with van der Waals surface area (Å²) >= 11 is 0. The summed E-state index contributed by atoms with van der Waals surface area (Å²) in [5, 5.41) is 9.55. The predicted octanol–water partition coefficient (Wildman–Crippen LogP) is 5.26. The van der Waals surface area contributed by atoms with Crippen LogP contribution >= 0.6 is 0 Å². The van der Waals surface area contributed by atoms with Gasteiger partial charge in [-0.05, 0) is 60.1 Å². The average Bonchev–Trinajstić information content (AvgIpc) is 3.00. The van der Waals surface area contributed by atoms with E-state index in [0.717, 1.165) is 46.5 Å². The van der Waals surface area contributed by atoms with E-state index >= 15 is 0 Å². The number of para-hydroxylation sites is 1. The van der Waals surface area contributed by atoms with Crippen LogP contribution in [0.5, 0.6) is 0 Å². The summed E-state index contributed by atoms with van der Waals surface area (Å²) in [6, 6.07) is 15.6. The monoisotopic (exact) mass is 478 g/mol. The number of hydrogen-bond donors (Lipinski definition) is 2. The first-order valence-electron chi connectivity index (χ1n) is 11.2. The Hall–Kier alpha value is -3.32. The van der Waals surface area contributed by atoms with Gasteiger partial charge in [-0.25, -0.2) is 8.42 Å². The van der Waals surface area contributed by atoms with Crippen molar-refractivity contribution in [2.24, 2.45) is 5.41 Å². The minimum atomic E-state index is -3.74. The fraction of sp³-hybridized carbons (Fsp3) is 0.296. The number of aromatic nitrogens is 1. The highest BCUT2D eigenvalue weighted by Gasteiger charge is 2.34. The topological polar surface area (TPSA) is 88.4 Å². The molecule has 0 aliphatic heterocycles. The van der Waals surface area contributed by atoms with E-state index in [9.17, 15) is 18.3 Å². The van der Waals surface area contributed by atoms with Crippen LogP contribution in [0.2, 0.25) is 0 Å². The van der Waals surface area contributed by atoms with Crippen LogP contribution in [0, 0.1) is 12.3 Å². The van der Waals surface area contributed by atoms with Crippen molar-refractivity contribution in [2.75, 3.05) is 4.72 Å². The smallest absolute Gasteiger partial charge is 0.323 e. The number of nitrogens with zero attached hydrogens (tertiary/aromatic N) is 1. The van der Waals surface area contributed by atoms with E-state index in [2.05, 4.69) is 25.1 Å². The highest BCUT2D eigenvalue weighted by molar-refractivity contribution is 7.92. The molecule has 1 aliphatic carbocycles. The maximum absolute atomic E-state index is 13.0. The number of fused-ring (bicyclic) bond motifs is 1. The summed E-state index contributed by atoms with van der Waals surface area (Å²) in [5.41, 5.74) is 6.22. The van der Waals surface area contributed by atoms with E-state index in [1.165, 1.54) is 0 Å². The molecular weight excluding hydrogens is 448 g/mol. The molecule has 2 N–H and O–H groups in total. The average molecular weight is 479 g/mol. The van der Waals surface area contributed by atoms with Gasteiger partial charge in [-0.2, -0.15) is 0 Å². The third-order valence-electron chi connectivity index (χ3n) is 6.43. The second-order valence-corrected chi connectivity index (χ2v) is 11.4. The molecule has 1 aromatic heterocycles. The molecule has 0 radical (unpaired) electrons. The van der Waals surface area contributed by atoms with Gasteiger partial charge in [0.2, 0.25) is 0 Å². The van der Waals surface area contributed by atoms with Crippen molar-refractivity contribution in [3.63, 3.8) is 0 Å². The number of benzene rings is 2. The molecule has 1 aliphatic rings. The first kappa shape index (κ1) is 23.8. The zero-order chi connectivity index (χ0) is 24.7. The summed E-state index contributed by atoms with van der Waals surface area (Å²) in [5.74, 6) is -0.891. The molecule has 4 rings (SSSR count). The summed E-state index contributed by atoms with van der Waals surface area (Å²) in [7, 11) is -3.74. The van der Waals surface area contributed by atoms with E-state index in [1.54, 1.807) is 42.5 Å². The molecule has 7 heteroatoms. The van der Waals surface area contributed by atoms with E-state index in [1.807, 2.05) is 23.6 Å². The molecule has 1 heterocycles. The summed E-state index contributed by atoms with van der Waals surface area (Å²) < 4.78 is 30.5. The van der Waals surface area contributed by atoms with Crippen molar-refractivity contribution < 1.29 is 18.3 Å². The highest BCUT2D eigenvalue weighted by atomic mass is 32.2. The standard InChI is InChI=1S/C27H30N2O4S/c1-18-15-27(3,4)16-24-26(18)22(19(2)29(24)17-25(30)31)14-20-10-8-9-13-23(20)28-34(32,33)21-11-6-5-7-12-21/h5-13,28H,1,14-17H2,2-4H3,(H,30,31). The van der Waals surface area contributed by atoms with Gasteiger partial charge in [0.1, 0.15) is 6.54 Å². The summed E-state index contributed by atoms with van der Waals surface area (Å²) in [6.45, 7) is 10.5. The van der Waals surface area contributed by atoms with Gasteiger partial charge in [0.25, 0.3) is 10.0 Å². The third-order valence-corrected chi connectivity index (χ3v) is 7.81. The molecule has 34 heavy (non-hydrogen) atoms. The molecule has 6 nitrogen and oxygen atoms in total. The van der Waals surface area contributed by atoms with Crippen LogP contribution in [0.4, 0.5) is 5.69 Å². The molecule has 0 unspecified atom stereocenters. The molecular formula is C27H30N2O4S. The Morgan fingerprint density at radius 1 is 1.09 bits per heavy atom. The Morgan fingerprint density at radius 3 is 2.41 bits per heavy atom. The van der Waals surface area contributed by atoms with E-state index in [-0.39, 0.29) is 16.9 Å². The maximum atomic E-state index is 13.0. The number of aliphatic carboxylic acids is 1. The number of hydrogen-bond acceptors (Lipinski definition) is 3. The van der Waals surface area contributed by atoms with Crippen LogP contribution in [0.3, 0.4) is 0 Å². The minimum absolute atomic E-state index is 0.00831. The van der Waals surface area contributed by atoms with Crippen molar-refractivity contribution >= 4 is 27.3 Å². The van der Waals surface area contributed by atoms with Crippen LogP contribution in [0.25, 0.3) is 5.57 Å². The molecule has 0 saturated carbocycles. The van der Waals surface area contributed by atoms with E-state index in [4.69, 9.17) is 0 Å². The summed E-state index contributed by atoms with van der Waals surface area (Å²) in [6.07, 6.45) is 2.05. The van der Waals surface area contributed by atoms with E-state index < -0.39 is 16.0 Å². The zero-order valence-corrected chi connectivity index (χ0v) is 20.6. The Balaban J connectivity index is 1.77. The van der Waals surface area contributed by atoms with Gasteiger partial charge < -0.3 is 9.67 Å². The summed E-state index contributed by atoms with van der Waals surface area (Å²) in [4.78, 5) is 11.8. The third kappa shape index (κ3) is 4.66. The van der Waals surface area contributed by atoms with Gasteiger partial charge >= 0.3 is 5.97 Å². The largest absolute Gasteiger partial charge is 0.480 e. The first-order chi connectivity index (χ1) is 16.0. The Kier molecular flexibility index (Phi) is 6.16. The van der Waals surface area contributed by atoms with Crippen molar-refractivity contribution in [1.29, 1.82) is 0 Å². The van der Waals surface area contributed by atoms with Crippen LogP contribution in [-0.2, 0) is 34.2 Å². The number of carboxylic acid groups (broad SMARTS) is 1. The van der Waals surface area contributed by atoms with Gasteiger partial charge in [-0.3, -0.25) is 9.52 Å². The van der Waals surface area contributed by atoms with Gasteiger partial charge in [-0.1, -0.05) is 56.8 Å². The quantitative estimate of drug-likeness (QED) is 0.485. The van der Waals surface area contributed by atoms with Crippen LogP contribution in [-0.4, -0.2) is 24.1 Å². The number of rotatable bonds is 7. The number of carbonyl (C=O) groups is 1. The maximum Gasteiger partial charge on any atom is 0.323 e. The molecule has 3 aromatic rings. The van der Waals surface area contributed by atoms with Crippen LogP contribution < -0.4 is 4.72 Å². The Labute approximate surface area is 201 Å². The minimum Gasteiger partial charge on any atom is -0.480 e. The number of nitrogens with one attached hydrogen (secondary N) is 1. The van der Waals surface area contributed by atoms with Crippen LogP contribution in [0.15, 0.2) is 66.1 Å². The predicted molar refractivity (Wildman–Crippen MR) is 134 cm³/mol. The second kappa shape index (κ2) is 8.80. The zero-order valence-electron chi connectivity index (χ0n) is 19.8.